The first-order valence-corrected chi connectivity index (χ1v) is 5.40. The van der Waals surface area contributed by atoms with Crippen molar-refractivity contribution in [3.05, 3.63) is 11.3 Å². The largest absolute Gasteiger partial charge is 0.382 e. The van der Waals surface area contributed by atoms with E-state index in [9.17, 15) is 0 Å². The van der Waals surface area contributed by atoms with Crippen molar-refractivity contribution in [2.45, 2.75) is 46.5 Å². The SMILES string of the molecule is CCCc1c(N)n[nH]c1C(C)C(C)C. The van der Waals surface area contributed by atoms with Crippen molar-refractivity contribution in [1.29, 1.82) is 0 Å². The predicted molar refractivity (Wildman–Crippen MR) is 60.2 cm³/mol. The molecule has 3 nitrogen and oxygen atoms in total. The molecule has 1 aromatic rings. The molecule has 0 spiro atoms. The van der Waals surface area contributed by atoms with Gasteiger partial charge in [0.15, 0.2) is 0 Å². The van der Waals surface area contributed by atoms with Crippen LogP contribution in [0.1, 0.15) is 51.3 Å². The molecule has 0 aliphatic rings. The van der Waals surface area contributed by atoms with Crippen LogP contribution in [-0.4, -0.2) is 10.2 Å². The van der Waals surface area contributed by atoms with Crippen LogP contribution in [0.4, 0.5) is 5.82 Å². The summed E-state index contributed by atoms with van der Waals surface area (Å²) < 4.78 is 0. The Balaban J connectivity index is 2.96. The molecular formula is C11H21N3. The van der Waals surface area contributed by atoms with Crippen LogP contribution >= 0.6 is 0 Å². The molecule has 0 aliphatic heterocycles. The minimum atomic E-state index is 0.501. The molecule has 0 fully saturated rings. The number of hydrogen-bond acceptors (Lipinski definition) is 2. The molecule has 80 valence electrons. The average molecular weight is 195 g/mol. The molecular weight excluding hydrogens is 174 g/mol. The summed E-state index contributed by atoms with van der Waals surface area (Å²) >= 11 is 0. The van der Waals surface area contributed by atoms with Gasteiger partial charge < -0.3 is 5.73 Å². The zero-order valence-corrected chi connectivity index (χ0v) is 9.59. The van der Waals surface area contributed by atoms with Crippen LogP contribution in [-0.2, 0) is 6.42 Å². The van der Waals surface area contributed by atoms with Gasteiger partial charge in [-0.2, -0.15) is 5.10 Å². The lowest BCUT2D eigenvalue weighted by atomic mass is 9.91. The normalized spacial score (nSPS) is 13.5. The zero-order chi connectivity index (χ0) is 10.7. The van der Waals surface area contributed by atoms with Gasteiger partial charge in [-0.15, -0.1) is 0 Å². The predicted octanol–water partition coefficient (Wildman–Crippen LogP) is 2.70. The van der Waals surface area contributed by atoms with E-state index in [-0.39, 0.29) is 0 Å². The third-order valence-electron chi connectivity index (χ3n) is 2.89. The molecule has 1 rings (SSSR count). The number of nitrogens with zero attached hydrogens (tertiary/aromatic N) is 1. The second kappa shape index (κ2) is 4.49. The molecule has 14 heavy (non-hydrogen) atoms. The summed E-state index contributed by atoms with van der Waals surface area (Å²) in [4.78, 5) is 0. The number of rotatable bonds is 4. The molecule has 3 heteroatoms. The number of nitrogens with two attached hydrogens (primary N) is 1. The van der Waals surface area contributed by atoms with Crippen molar-refractivity contribution in [2.75, 3.05) is 5.73 Å². The monoisotopic (exact) mass is 195 g/mol. The lowest BCUT2D eigenvalue weighted by molar-refractivity contribution is 0.518. The summed E-state index contributed by atoms with van der Waals surface area (Å²) in [6, 6.07) is 0. The molecule has 0 radical (unpaired) electrons. The van der Waals surface area contributed by atoms with E-state index in [1.807, 2.05) is 0 Å². The summed E-state index contributed by atoms with van der Waals surface area (Å²) in [6.45, 7) is 8.82. The molecule has 0 bridgehead atoms. The first kappa shape index (κ1) is 11.1. The van der Waals surface area contributed by atoms with E-state index in [2.05, 4.69) is 37.9 Å². The van der Waals surface area contributed by atoms with Gasteiger partial charge in [0.1, 0.15) is 5.82 Å². The zero-order valence-electron chi connectivity index (χ0n) is 9.59. The van der Waals surface area contributed by atoms with Crippen molar-refractivity contribution < 1.29 is 0 Å². The van der Waals surface area contributed by atoms with E-state index in [0.717, 1.165) is 12.8 Å². The number of nitrogens with one attached hydrogen (secondary N) is 1. The molecule has 0 aromatic carbocycles. The Morgan fingerprint density at radius 3 is 2.50 bits per heavy atom. The summed E-state index contributed by atoms with van der Waals surface area (Å²) in [7, 11) is 0. The van der Waals surface area contributed by atoms with Gasteiger partial charge in [0.2, 0.25) is 0 Å². The second-order valence-electron chi connectivity index (χ2n) is 4.28. The van der Waals surface area contributed by atoms with Crippen LogP contribution in [0.25, 0.3) is 0 Å². The highest BCUT2D eigenvalue weighted by Crippen LogP contribution is 2.28. The molecule has 0 saturated carbocycles. The molecule has 0 saturated heterocycles. The van der Waals surface area contributed by atoms with E-state index in [1.54, 1.807) is 0 Å². The molecule has 1 heterocycles. The van der Waals surface area contributed by atoms with Crippen molar-refractivity contribution in [3.63, 3.8) is 0 Å². The van der Waals surface area contributed by atoms with Gasteiger partial charge >= 0.3 is 0 Å². The maximum absolute atomic E-state index is 5.82. The summed E-state index contributed by atoms with van der Waals surface area (Å²) in [6.07, 6.45) is 2.14. The van der Waals surface area contributed by atoms with Crippen LogP contribution in [0.3, 0.4) is 0 Å². The Morgan fingerprint density at radius 1 is 1.36 bits per heavy atom. The van der Waals surface area contributed by atoms with E-state index >= 15 is 0 Å². The maximum Gasteiger partial charge on any atom is 0.148 e. The van der Waals surface area contributed by atoms with E-state index in [0.29, 0.717) is 17.7 Å². The highest BCUT2D eigenvalue weighted by Gasteiger charge is 2.18. The Labute approximate surface area is 86.1 Å². The van der Waals surface area contributed by atoms with Gasteiger partial charge in [-0.3, -0.25) is 5.10 Å². The standard InChI is InChI=1S/C11H21N3/c1-5-6-9-10(8(4)7(2)3)13-14-11(9)12/h7-8H,5-6H2,1-4H3,(H3,12,13,14). The lowest BCUT2D eigenvalue weighted by Crippen LogP contribution is -2.06. The van der Waals surface area contributed by atoms with Crippen molar-refractivity contribution in [3.8, 4) is 0 Å². The van der Waals surface area contributed by atoms with Crippen LogP contribution in [0, 0.1) is 5.92 Å². The highest BCUT2D eigenvalue weighted by molar-refractivity contribution is 5.43. The van der Waals surface area contributed by atoms with E-state index in [1.165, 1.54) is 11.3 Å². The number of aromatic amines is 1. The molecule has 0 aliphatic carbocycles. The number of nitrogen functional groups attached to an aromatic ring is 1. The minimum absolute atomic E-state index is 0.501. The fourth-order valence-corrected chi connectivity index (χ4v) is 1.62. The van der Waals surface area contributed by atoms with Gasteiger partial charge in [0.25, 0.3) is 0 Å². The Kier molecular flexibility index (Phi) is 3.55. The third kappa shape index (κ3) is 2.08. The van der Waals surface area contributed by atoms with Gasteiger partial charge in [-0.05, 0) is 12.3 Å². The maximum atomic E-state index is 5.82. The van der Waals surface area contributed by atoms with Gasteiger partial charge in [-0.25, -0.2) is 0 Å². The van der Waals surface area contributed by atoms with Crippen molar-refractivity contribution >= 4 is 5.82 Å². The average Bonchev–Trinajstić information content (AvgIpc) is 2.48. The third-order valence-corrected chi connectivity index (χ3v) is 2.89. The number of anilines is 1. The van der Waals surface area contributed by atoms with Gasteiger partial charge in [0.05, 0.1) is 0 Å². The summed E-state index contributed by atoms with van der Waals surface area (Å²) in [5.74, 6) is 1.79. The molecule has 1 unspecified atom stereocenters. The van der Waals surface area contributed by atoms with Crippen LogP contribution in [0.2, 0.25) is 0 Å². The fraction of sp³-hybridized carbons (Fsp3) is 0.727. The van der Waals surface area contributed by atoms with Crippen LogP contribution in [0.5, 0.6) is 0 Å². The van der Waals surface area contributed by atoms with E-state index < -0.39 is 0 Å². The van der Waals surface area contributed by atoms with Crippen molar-refractivity contribution in [1.82, 2.24) is 10.2 Å². The van der Waals surface area contributed by atoms with Crippen molar-refractivity contribution in [2.24, 2.45) is 5.92 Å². The fourth-order valence-electron chi connectivity index (χ4n) is 1.62. The van der Waals surface area contributed by atoms with Crippen LogP contribution < -0.4 is 5.73 Å². The highest BCUT2D eigenvalue weighted by atomic mass is 15.2. The van der Waals surface area contributed by atoms with Gasteiger partial charge in [0, 0.05) is 17.2 Å². The minimum Gasteiger partial charge on any atom is -0.382 e. The first-order valence-electron chi connectivity index (χ1n) is 5.40. The smallest absolute Gasteiger partial charge is 0.148 e. The summed E-state index contributed by atoms with van der Waals surface area (Å²) in [5.41, 5.74) is 8.26. The second-order valence-corrected chi connectivity index (χ2v) is 4.28. The Hall–Kier alpha value is -0.990. The summed E-state index contributed by atoms with van der Waals surface area (Å²) in [5, 5.41) is 7.16. The Bertz CT molecular complexity index is 289. The molecule has 1 atom stereocenters. The number of aromatic nitrogens is 2. The Morgan fingerprint density at radius 2 is 2.00 bits per heavy atom. The first-order chi connectivity index (χ1) is 6.57. The quantitative estimate of drug-likeness (QED) is 0.776. The van der Waals surface area contributed by atoms with Crippen LogP contribution in [0.15, 0.2) is 0 Å². The number of hydrogen-bond donors (Lipinski definition) is 2. The topological polar surface area (TPSA) is 54.7 Å². The van der Waals surface area contributed by atoms with E-state index in [4.69, 9.17) is 5.73 Å². The molecule has 1 aromatic heterocycles. The lowest BCUT2D eigenvalue weighted by Gasteiger charge is -2.15. The molecule has 3 N–H and O–H groups in total. The van der Waals surface area contributed by atoms with Gasteiger partial charge in [-0.1, -0.05) is 34.1 Å². The molecule has 0 amide bonds. The number of H-pyrrole nitrogens is 1.